The Balaban J connectivity index is 1.92. The number of hydrogen-bond acceptors (Lipinski definition) is 5. The summed E-state index contributed by atoms with van der Waals surface area (Å²) >= 11 is 6.17. The predicted octanol–water partition coefficient (Wildman–Crippen LogP) is 6.14. The molecule has 2 aromatic heterocycles. The molecule has 0 aliphatic heterocycles. The maximum absolute atomic E-state index is 14.3. The fourth-order valence-electron chi connectivity index (χ4n) is 3.41. The molecule has 4 rings (SSSR count). The minimum absolute atomic E-state index is 0.00229. The molecule has 6 nitrogen and oxygen atoms in total. The van der Waals surface area contributed by atoms with E-state index in [0.717, 1.165) is 18.2 Å². The van der Waals surface area contributed by atoms with Gasteiger partial charge in [0, 0.05) is 12.6 Å². The van der Waals surface area contributed by atoms with Crippen LogP contribution in [0.5, 0.6) is 5.75 Å². The Morgan fingerprint density at radius 3 is 2.52 bits per heavy atom. The van der Waals surface area contributed by atoms with Crippen LogP contribution in [0.2, 0.25) is 5.02 Å². The number of alkyl halides is 3. The van der Waals surface area contributed by atoms with Gasteiger partial charge in [0.05, 0.1) is 35.1 Å². The van der Waals surface area contributed by atoms with Crippen molar-refractivity contribution in [2.45, 2.75) is 13.1 Å². The summed E-state index contributed by atoms with van der Waals surface area (Å²) in [5.74, 6) is -1.99. The zero-order valence-electron chi connectivity index (χ0n) is 17.1. The van der Waals surface area contributed by atoms with Crippen LogP contribution >= 0.6 is 11.6 Å². The smallest absolute Gasteiger partial charge is 0.416 e. The van der Waals surface area contributed by atoms with Crippen LogP contribution in [0.1, 0.15) is 12.5 Å². The van der Waals surface area contributed by atoms with Gasteiger partial charge in [0.15, 0.2) is 11.6 Å². The van der Waals surface area contributed by atoms with Gasteiger partial charge in [-0.15, -0.1) is 0 Å². The molecule has 0 amide bonds. The first kappa shape index (κ1) is 22.7. The van der Waals surface area contributed by atoms with Crippen LogP contribution in [0.3, 0.4) is 0 Å². The SMILES string of the molecule is CCN(c1nc(-c2cc(F)cc(F)c2OC)c2[nH]ncc2n1)c1ccc(C(F)(F)F)cc1Cl. The molecule has 0 aliphatic carbocycles. The lowest BCUT2D eigenvalue weighted by Crippen LogP contribution is -2.20. The molecule has 0 fully saturated rings. The molecule has 0 bridgehead atoms. The number of hydrogen-bond donors (Lipinski definition) is 1. The number of fused-ring (bicyclic) bond motifs is 1. The van der Waals surface area contributed by atoms with Gasteiger partial charge >= 0.3 is 6.18 Å². The van der Waals surface area contributed by atoms with E-state index >= 15 is 0 Å². The third-order valence-electron chi connectivity index (χ3n) is 4.88. The van der Waals surface area contributed by atoms with E-state index in [1.165, 1.54) is 24.3 Å². The van der Waals surface area contributed by atoms with Crippen molar-refractivity contribution in [3.63, 3.8) is 0 Å². The fourth-order valence-corrected chi connectivity index (χ4v) is 3.69. The number of H-pyrrole nitrogens is 1. The zero-order valence-corrected chi connectivity index (χ0v) is 17.9. The summed E-state index contributed by atoms with van der Waals surface area (Å²) in [7, 11) is 1.23. The molecule has 172 valence electrons. The van der Waals surface area contributed by atoms with E-state index in [1.54, 1.807) is 6.92 Å². The number of methoxy groups -OCH3 is 1. The largest absolute Gasteiger partial charge is 0.493 e. The monoisotopic (exact) mass is 483 g/mol. The van der Waals surface area contributed by atoms with Crippen LogP contribution in [0, 0.1) is 11.6 Å². The third-order valence-corrected chi connectivity index (χ3v) is 5.18. The molecule has 2 aromatic carbocycles. The molecule has 33 heavy (non-hydrogen) atoms. The number of anilines is 2. The van der Waals surface area contributed by atoms with Gasteiger partial charge in [-0.05, 0) is 31.2 Å². The molecule has 1 N–H and O–H groups in total. The quantitative estimate of drug-likeness (QED) is 0.345. The van der Waals surface area contributed by atoms with Crippen molar-refractivity contribution in [1.29, 1.82) is 0 Å². The summed E-state index contributed by atoms with van der Waals surface area (Å²) in [6.07, 6.45) is -3.18. The van der Waals surface area contributed by atoms with E-state index in [0.29, 0.717) is 11.6 Å². The zero-order chi connectivity index (χ0) is 23.9. The average Bonchev–Trinajstić information content (AvgIpc) is 3.22. The Labute approximate surface area is 189 Å². The first-order valence-electron chi connectivity index (χ1n) is 9.52. The van der Waals surface area contributed by atoms with Gasteiger partial charge in [-0.1, -0.05) is 11.6 Å². The van der Waals surface area contributed by atoms with Crippen molar-refractivity contribution in [2.24, 2.45) is 0 Å². The average molecular weight is 484 g/mol. The highest BCUT2D eigenvalue weighted by atomic mass is 35.5. The summed E-state index contributed by atoms with van der Waals surface area (Å²) in [6.45, 7) is 1.95. The van der Waals surface area contributed by atoms with Crippen molar-refractivity contribution in [2.75, 3.05) is 18.6 Å². The van der Waals surface area contributed by atoms with Gasteiger partial charge in [0.25, 0.3) is 0 Å². The number of rotatable bonds is 5. The van der Waals surface area contributed by atoms with E-state index in [2.05, 4.69) is 20.2 Å². The molecular formula is C21H15ClF5N5O. The molecule has 4 aromatic rings. The molecule has 0 spiro atoms. The van der Waals surface area contributed by atoms with Gasteiger partial charge in [-0.25, -0.2) is 18.7 Å². The molecule has 12 heteroatoms. The van der Waals surface area contributed by atoms with Crippen LogP contribution in [0.4, 0.5) is 33.6 Å². The van der Waals surface area contributed by atoms with Gasteiger partial charge in [-0.2, -0.15) is 18.3 Å². The van der Waals surface area contributed by atoms with E-state index in [-0.39, 0.29) is 45.7 Å². The second kappa shape index (κ2) is 8.47. The number of benzene rings is 2. The summed E-state index contributed by atoms with van der Waals surface area (Å²) in [6, 6.07) is 4.64. The molecule has 0 unspecified atom stereocenters. The lowest BCUT2D eigenvalue weighted by Gasteiger charge is -2.23. The van der Waals surface area contributed by atoms with E-state index < -0.39 is 23.4 Å². The lowest BCUT2D eigenvalue weighted by molar-refractivity contribution is -0.137. The van der Waals surface area contributed by atoms with Gasteiger partial charge < -0.3 is 9.64 Å². The number of ether oxygens (including phenoxy) is 1. The van der Waals surface area contributed by atoms with Crippen LogP contribution in [0.15, 0.2) is 36.5 Å². The first-order chi connectivity index (χ1) is 15.6. The van der Waals surface area contributed by atoms with Crippen molar-refractivity contribution in [3.8, 4) is 17.0 Å². The van der Waals surface area contributed by atoms with E-state index in [1.807, 2.05) is 0 Å². The Bertz CT molecular complexity index is 1340. The maximum atomic E-state index is 14.3. The highest BCUT2D eigenvalue weighted by Crippen LogP contribution is 2.39. The topological polar surface area (TPSA) is 66.9 Å². The number of aromatic nitrogens is 4. The molecule has 0 radical (unpaired) electrons. The van der Waals surface area contributed by atoms with Crippen LogP contribution < -0.4 is 9.64 Å². The Hall–Kier alpha value is -3.47. The Morgan fingerprint density at radius 2 is 1.88 bits per heavy atom. The maximum Gasteiger partial charge on any atom is 0.416 e. The van der Waals surface area contributed by atoms with Crippen molar-refractivity contribution in [1.82, 2.24) is 20.2 Å². The first-order valence-corrected chi connectivity index (χ1v) is 9.90. The minimum Gasteiger partial charge on any atom is -0.493 e. The molecule has 0 saturated heterocycles. The predicted molar refractivity (Wildman–Crippen MR) is 113 cm³/mol. The van der Waals surface area contributed by atoms with Gasteiger partial charge in [-0.3, -0.25) is 5.10 Å². The molecule has 2 heterocycles. The standard InChI is InChI=1S/C21H15ClF5N5O/c1-3-32(16-5-4-10(6-13(16)22)21(25,26)27)20-29-15-9-28-31-18(15)17(30-20)12-7-11(23)8-14(24)19(12)33-2/h4-9H,3H2,1-2H3,(H,28,31). The highest BCUT2D eigenvalue weighted by Gasteiger charge is 2.31. The van der Waals surface area contributed by atoms with Crippen molar-refractivity contribution >= 4 is 34.3 Å². The second-order valence-corrected chi connectivity index (χ2v) is 7.29. The number of aromatic amines is 1. The Kier molecular flexibility index (Phi) is 5.83. The number of nitrogens with one attached hydrogen (secondary N) is 1. The molecule has 0 aliphatic rings. The van der Waals surface area contributed by atoms with E-state index in [4.69, 9.17) is 16.3 Å². The Morgan fingerprint density at radius 1 is 1.12 bits per heavy atom. The second-order valence-electron chi connectivity index (χ2n) is 6.88. The van der Waals surface area contributed by atoms with Crippen molar-refractivity contribution in [3.05, 3.63) is 58.7 Å². The minimum atomic E-state index is -4.56. The fraction of sp³-hybridized carbons (Fsp3) is 0.190. The van der Waals surface area contributed by atoms with Crippen LogP contribution in [-0.2, 0) is 6.18 Å². The van der Waals surface area contributed by atoms with E-state index in [9.17, 15) is 22.0 Å². The van der Waals surface area contributed by atoms with Gasteiger partial charge in [0.2, 0.25) is 5.95 Å². The number of halogens is 6. The summed E-state index contributed by atoms with van der Waals surface area (Å²) in [5.41, 5.74) is 0.00375. The number of nitrogens with zero attached hydrogens (tertiary/aromatic N) is 4. The highest BCUT2D eigenvalue weighted by molar-refractivity contribution is 6.33. The molecular weight excluding hydrogens is 469 g/mol. The molecule has 0 saturated carbocycles. The van der Waals surface area contributed by atoms with Crippen LogP contribution in [-0.4, -0.2) is 33.8 Å². The summed E-state index contributed by atoms with van der Waals surface area (Å²) in [4.78, 5) is 10.3. The van der Waals surface area contributed by atoms with Crippen LogP contribution in [0.25, 0.3) is 22.3 Å². The molecule has 0 atom stereocenters. The summed E-state index contributed by atoms with van der Waals surface area (Å²) < 4.78 is 72.6. The lowest BCUT2D eigenvalue weighted by atomic mass is 10.1. The van der Waals surface area contributed by atoms with Gasteiger partial charge in [0.1, 0.15) is 22.5 Å². The summed E-state index contributed by atoms with van der Waals surface area (Å²) in [5, 5.41) is 6.44. The van der Waals surface area contributed by atoms with Crippen molar-refractivity contribution < 1.29 is 26.7 Å². The normalized spacial score (nSPS) is 11.8. The third kappa shape index (κ3) is 4.15.